The number of hydrogen-bond donors (Lipinski definition) is 2. The fourth-order valence-electron chi connectivity index (χ4n) is 1.99. The summed E-state index contributed by atoms with van der Waals surface area (Å²) < 4.78 is 24.2. The molecule has 2 N–H and O–H groups in total. The van der Waals surface area contributed by atoms with Gasteiger partial charge in [0.25, 0.3) is 0 Å². The maximum atomic E-state index is 10.9. The van der Waals surface area contributed by atoms with Crippen molar-refractivity contribution in [3.05, 3.63) is 12.4 Å². The van der Waals surface area contributed by atoms with Gasteiger partial charge in [-0.1, -0.05) is 0 Å². The highest BCUT2D eigenvalue weighted by atomic mass is 32.2. The van der Waals surface area contributed by atoms with Crippen molar-refractivity contribution in [2.75, 3.05) is 42.7 Å². The number of anilines is 2. The molecular weight excluding hydrogens is 266 g/mol. The van der Waals surface area contributed by atoms with Crippen molar-refractivity contribution >= 4 is 21.7 Å². The van der Waals surface area contributed by atoms with E-state index in [0.717, 1.165) is 25.2 Å². The summed E-state index contributed by atoms with van der Waals surface area (Å²) in [7, 11) is -3.13. The van der Waals surface area contributed by atoms with E-state index in [9.17, 15) is 8.42 Å². The van der Waals surface area contributed by atoms with Crippen LogP contribution >= 0.6 is 0 Å². The first-order chi connectivity index (χ1) is 9.04. The van der Waals surface area contributed by atoms with Gasteiger partial charge in [0.1, 0.15) is 18.0 Å². The Hall–Kier alpha value is -1.41. The van der Waals surface area contributed by atoms with Crippen LogP contribution in [0.15, 0.2) is 12.4 Å². The Morgan fingerprint density at radius 1 is 1.26 bits per heavy atom. The van der Waals surface area contributed by atoms with Gasteiger partial charge in [-0.2, -0.15) is 0 Å². The van der Waals surface area contributed by atoms with Crippen LogP contribution in [0.1, 0.15) is 12.8 Å². The number of hydrogen-bond acceptors (Lipinski definition) is 6. The molecule has 0 bridgehead atoms. The number of rotatable bonds is 6. The van der Waals surface area contributed by atoms with Crippen LogP contribution in [-0.2, 0) is 10.0 Å². The normalized spacial score (nSPS) is 15.7. The molecule has 1 aromatic heterocycles. The molecule has 1 aliphatic heterocycles. The minimum atomic E-state index is -3.13. The third-order valence-corrected chi connectivity index (χ3v) is 3.61. The average molecular weight is 285 g/mol. The molecule has 106 valence electrons. The van der Waals surface area contributed by atoms with Crippen molar-refractivity contribution in [2.24, 2.45) is 0 Å². The number of aromatic nitrogens is 2. The summed E-state index contributed by atoms with van der Waals surface area (Å²) in [6.45, 7) is 2.89. The lowest BCUT2D eigenvalue weighted by molar-refractivity contribution is 0.589. The second-order valence-electron chi connectivity index (χ2n) is 4.55. The predicted octanol–water partition coefficient (Wildman–Crippen LogP) is 0.0379. The van der Waals surface area contributed by atoms with E-state index in [0.29, 0.717) is 18.9 Å². The van der Waals surface area contributed by atoms with Crippen LogP contribution < -0.4 is 14.9 Å². The van der Waals surface area contributed by atoms with E-state index in [2.05, 4.69) is 24.9 Å². The summed E-state index contributed by atoms with van der Waals surface area (Å²) in [6, 6.07) is 1.89. The van der Waals surface area contributed by atoms with Crippen LogP contribution in [0.2, 0.25) is 0 Å². The van der Waals surface area contributed by atoms with Crippen LogP contribution in [0.5, 0.6) is 0 Å². The highest BCUT2D eigenvalue weighted by Gasteiger charge is 2.13. The third kappa shape index (κ3) is 4.64. The van der Waals surface area contributed by atoms with Gasteiger partial charge < -0.3 is 10.2 Å². The van der Waals surface area contributed by atoms with Gasteiger partial charge in [-0.15, -0.1) is 0 Å². The molecule has 0 unspecified atom stereocenters. The SMILES string of the molecule is CS(=O)(=O)NCCNc1cc(N2CCCC2)ncn1. The van der Waals surface area contributed by atoms with Gasteiger partial charge in [0.2, 0.25) is 10.0 Å². The molecule has 0 amide bonds. The smallest absolute Gasteiger partial charge is 0.208 e. The monoisotopic (exact) mass is 285 g/mol. The molecule has 1 saturated heterocycles. The van der Waals surface area contributed by atoms with Gasteiger partial charge >= 0.3 is 0 Å². The fourth-order valence-corrected chi connectivity index (χ4v) is 2.46. The van der Waals surface area contributed by atoms with Gasteiger partial charge in [-0.3, -0.25) is 0 Å². The molecule has 19 heavy (non-hydrogen) atoms. The molecule has 7 nitrogen and oxygen atoms in total. The van der Waals surface area contributed by atoms with Crippen molar-refractivity contribution in [1.82, 2.24) is 14.7 Å². The maximum absolute atomic E-state index is 10.9. The Morgan fingerprint density at radius 3 is 2.68 bits per heavy atom. The first-order valence-corrected chi connectivity index (χ1v) is 8.19. The summed E-state index contributed by atoms with van der Waals surface area (Å²) in [5.41, 5.74) is 0. The van der Waals surface area contributed by atoms with Crippen LogP contribution in [0, 0.1) is 0 Å². The van der Waals surface area contributed by atoms with Crippen molar-refractivity contribution in [2.45, 2.75) is 12.8 Å². The number of nitrogens with zero attached hydrogens (tertiary/aromatic N) is 3. The predicted molar refractivity (Wildman–Crippen MR) is 74.8 cm³/mol. The van der Waals surface area contributed by atoms with E-state index < -0.39 is 10.0 Å². The standard InChI is InChI=1S/C11H19N5O2S/c1-19(17,18)15-5-4-12-10-8-11(14-9-13-10)16-6-2-3-7-16/h8-9,15H,2-7H2,1H3,(H,12,13,14). The lowest BCUT2D eigenvalue weighted by Gasteiger charge is -2.16. The molecule has 0 radical (unpaired) electrons. The molecule has 0 spiro atoms. The zero-order chi connectivity index (χ0) is 13.7. The quantitative estimate of drug-likeness (QED) is 0.718. The molecular formula is C11H19N5O2S. The van der Waals surface area contributed by atoms with Gasteiger partial charge in [0.15, 0.2) is 0 Å². The molecule has 8 heteroatoms. The van der Waals surface area contributed by atoms with E-state index in [4.69, 9.17) is 0 Å². The molecule has 0 atom stereocenters. The zero-order valence-electron chi connectivity index (χ0n) is 11.0. The molecule has 0 saturated carbocycles. The molecule has 2 rings (SSSR count). The second kappa shape index (κ2) is 6.16. The maximum Gasteiger partial charge on any atom is 0.208 e. The Balaban J connectivity index is 1.85. The first-order valence-electron chi connectivity index (χ1n) is 6.30. The summed E-state index contributed by atoms with van der Waals surface area (Å²) in [5, 5.41) is 3.08. The second-order valence-corrected chi connectivity index (χ2v) is 6.38. The van der Waals surface area contributed by atoms with Crippen LogP contribution in [0.3, 0.4) is 0 Å². The van der Waals surface area contributed by atoms with Crippen LogP contribution in [-0.4, -0.2) is 50.8 Å². The molecule has 1 aromatic rings. The first kappa shape index (κ1) is 14.0. The Bertz CT molecular complexity index is 514. The Morgan fingerprint density at radius 2 is 2.00 bits per heavy atom. The molecule has 2 heterocycles. The van der Waals surface area contributed by atoms with Gasteiger partial charge in [-0.25, -0.2) is 23.1 Å². The van der Waals surface area contributed by atoms with E-state index >= 15 is 0 Å². The highest BCUT2D eigenvalue weighted by molar-refractivity contribution is 7.88. The summed E-state index contributed by atoms with van der Waals surface area (Å²) >= 11 is 0. The fraction of sp³-hybridized carbons (Fsp3) is 0.636. The largest absolute Gasteiger partial charge is 0.369 e. The summed E-state index contributed by atoms with van der Waals surface area (Å²) in [6.07, 6.45) is 5.07. The molecule has 1 aliphatic rings. The number of sulfonamides is 1. The van der Waals surface area contributed by atoms with Crippen molar-refractivity contribution in [3.8, 4) is 0 Å². The Labute approximate surface area is 113 Å². The minimum Gasteiger partial charge on any atom is -0.369 e. The topological polar surface area (TPSA) is 87.2 Å². The van der Waals surface area contributed by atoms with Gasteiger partial charge in [0, 0.05) is 32.2 Å². The highest BCUT2D eigenvalue weighted by Crippen LogP contribution is 2.18. The summed E-state index contributed by atoms with van der Waals surface area (Å²) in [4.78, 5) is 10.6. The molecule has 1 fully saturated rings. The molecule has 0 aliphatic carbocycles. The van der Waals surface area contributed by atoms with Crippen LogP contribution in [0.4, 0.5) is 11.6 Å². The Kier molecular flexibility index (Phi) is 4.54. The summed E-state index contributed by atoms with van der Waals surface area (Å²) in [5.74, 6) is 1.64. The van der Waals surface area contributed by atoms with Crippen molar-refractivity contribution in [1.29, 1.82) is 0 Å². The molecule has 0 aromatic carbocycles. The van der Waals surface area contributed by atoms with E-state index in [-0.39, 0.29) is 0 Å². The van der Waals surface area contributed by atoms with E-state index in [1.165, 1.54) is 19.2 Å². The lowest BCUT2D eigenvalue weighted by atomic mass is 10.4. The number of nitrogens with one attached hydrogen (secondary N) is 2. The lowest BCUT2D eigenvalue weighted by Crippen LogP contribution is -2.28. The van der Waals surface area contributed by atoms with E-state index in [1.807, 2.05) is 6.07 Å². The zero-order valence-corrected chi connectivity index (χ0v) is 11.8. The van der Waals surface area contributed by atoms with Crippen molar-refractivity contribution in [3.63, 3.8) is 0 Å². The third-order valence-electron chi connectivity index (χ3n) is 2.88. The van der Waals surface area contributed by atoms with Gasteiger partial charge in [-0.05, 0) is 12.8 Å². The van der Waals surface area contributed by atoms with Crippen LogP contribution in [0.25, 0.3) is 0 Å². The minimum absolute atomic E-state index is 0.335. The van der Waals surface area contributed by atoms with Gasteiger partial charge in [0.05, 0.1) is 6.26 Å². The van der Waals surface area contributed by atoms with E-state index in [1.54, 1.807) is 0 Å². The van der Waals surface area contributed by atoms with Crippen molar-refractivity contribution < 1.29 is 8.42 Å². The average Bonchev–Trinajstić information content (AvgIpc) is 2.88.